The second-order valence-electron chi connectivity index (χ2n) is 5.01. The molecule has 0 radical (unpaired) electrons. The fourth-order valence-corrected chi connectivity index (χ4v) is 2.73. The standard InChI is InChI=1S/C12H25N3O.2ClH/c16-10-9-14-5-7-15(8-6-14)11-12-3-1-2-4-13-12;;/h12-13,16H,1-11H2;2*1H. The predicted octanol–water partition coefficient (Wildman–Crippen LogP) is 0.582. The van der Waals surface area contributed by atoms with Gasteiger partial charge in [0.15, 0.2) is 0 Å². The number of aliphatic hydroxyl groups excluding tert-OH is 1. The summed E-state index contributed by atoms with van der Waals surface area (Å²) < 4.78 is 0. The number of hydrogen-bond acceptors (Lipinski definition) is 4. The van der Waals surface area contributed by atoms with Gasteiger partial charge in [-0.15, -0.1) is 24.8 Å². The number of nitrogens with zero attached hydrogens (tertiary/aromatic N) is 2. The molecule has 2 heterocycles. The first-order chi connectivity index (χ1) is 7.88. The van der Waals surface area contributed by atoms with Crippen molar-refractivity contribution >= 4 is 24.8 Å². The average Bonchev–Trinajstić information content (AvgIpc) is 2.33. The minimum atomic E-state index is 0. The highest BCUT2D eigenvalue weighted by atomic mass is 35.5. The Morgan fingerprint density at radius 1 is 1.00 bits per heavy atom. The fourth-order valence-electron chi connectivity index (χ4n) is 2.73. The molecule has 2 fully saturated rings. The molecule has 2 aliphatic heterocycles. The summed E-state index contributed by atoms with van der Waals surface area (Å²) in [7, 11) is 0. The van der Waals surface area contributed by atoms with E-state index in [2.05, 4.69) is 15.1 Å². The van der Waals surface area contributed by atoms with E-state index in [9.17, 15) is 0 Å². The van der Waals surface area contributed by atoms with Crippen LogP contribution in [-0.2, 0) is 0 Å². The van der Waals surface area contributed by atoms with E-state index in [1.165, 1.54) is 32.4 Å². The van der Waals surface area contributed by atoms with Gasteiger partial charge in [0.25, 0.3) is 0 Å². The number of nitrogens with one attached hydrogen (secondary N) is 1. The summed E-state index contributed by atoms with van der Waals surface area (Å²) in [5, 5.41) is 12.5. The van der Waals surface area contributed by atoms with Gasteiger partial charge < -0.3 is 10.4 Å². The van der Waals surface area contributed by atoms with Crippen molar-refractivity contribution in [2.24, 2.45) is 0 Å². The Morgan fingerprint density at radius 2 is 1.67 bits per heavy atom. The topological polar surface area (TPSA) is 38.7 Å². The van der Waals surface area contributed by atoms with Crippen molar-refractivity contribution in [3.05, 3.63) is 0 Å². The van der Waals surface area contributed by atoms with Crippen LogP contribution in [0.2, 0.25) is 0 Å². The SMILES string of the molecule is Cl.Cl.OCCN1CCN(CC2CCCCN2)CC1. The molecule has 18 heavy (non-hydrogen) atoms. The molecular formula is C12H27Cl2N3O. The summed E-state index contributed by atoms with van der Waals surface area (Å²) in [5.74, 6) is 0. The first-order valence-corrected chi connectivity index (χ1v) is 6.67. The maximum absolute atomic E-state index is 8.88. The first kappa shape index (κ1) is 18.4. The average molecular weight is 300 g/mol. The van der Waals surface area contributed by atoms with Crippen LogP contribution in [-0.4, -0.2) is 73.4 Å². The van der Waals surface area contributed by atoms with Crippen LogP contribution in [0.4, 0.5) is 0 Å². The van der Waals surface area contributed by atoms with Crippen molar-refractivity contribution in [1.29, 1.82) is 0 Å². The zero-order valence-corrected chi connectivity index (χ0v) is 12.6. The maximum atomic E-state index is 8.88. The largest absolute Gasteiger partial charge is 0.395 e. The van der Waals surface area contributed by atoms with E-state index < -0.39 is 0 Å². The maximum Gasteiger partial charge on any atom is 0.0558 e. The molecule has 2 aliphatic rings. The van der Waals surface area contributed by atoms with Crippen LogP contribution < -0.4 is 5.32 Å². The van der Waals surface area contributed by atoms with Gasteiger partial charge in [-0.05, 0) is 19.4 Å². The Balaban J connectivity index is 0.00000144. The van der Waals surface area contributed by atoms with Gasteiger partial charge in [-0.2, -0.15) is 0 Å². The molecule has 1 unspecified atom stereocenters. The lowest BCUT2D eigenvalue weighted by Crippen LogP contribution is -2.51. The Bertz CT molecular complexity index is 196. The molecule has 4 nitrogen and oxygen atoms in total. The van der Waals surface area contributed by atoms with Crippen LogP contribution in [0.25, 0.3) is 0 Å². The first-order valence-electron chi connectivity index (χ1n) is 6.67. The van der Waals surface area contributed by atoms with Crippen LogP contribution in [0.5, 0.6) is 0 Å². The Kier molecular flexibility index (Phi) is 10.5. The van der Waals surface area contributed by atoms with Crippen LogP contribution in [0.3, 0.4) is 0 Å². The van der Waals surface area contributed by atoms with Crippen LogP contribution in [0, 0.1) is 0 Å². The second kappa shape index (κ2) is 10.2. The van der Waals surface area contributed by atoms with Crippen molar-refractivity contribution in [2.75, 3.05) is 52.4 Å². The predicted molar refractivity (Wildman–Crippen MR) is 80.1 cm³/mol. The van der Waals surface area contributed by atoms with Crippen LogP contribution in [0.1, 0.15) is 19.3 Å². The highest BCUT2D eigenvalue weighted by Gasteiger charge is 2.20. The van der Waals surface area contributed by atoms with E-state index in [-0.39, 0.29) is 24.8 Å². The van der Waals surface area contributed by atoms with E-state index >= 15 is 0 Å². The van der Waals surface area contributed by atoms with E-state index in [0.717, 1.165) is 38.8 Å². The van der Waals surface area contributed by atoms with E-state index in [0.29, 0.717) is 6.61 Å². The van der Waals surface area contributed by atoms with Crippen molar-refractivity contribution in [3.8, 4) is 0 Å². The zero-order chi connectivity index (χ0) is 11.2. The number of halogens is 2. The summed E-state index contributed by atoms with van der Waals surface area (Å²) in [5.41, 5.74) is 0. The molecular weight excluding hydrogens is 273 g/mol. The second-order valence-corrected chi connectivity index (χ2v) is 5.01. The molecule has 0 aromatic carbocycles. The van der Waals surface area contributed by atoms with Gasteiger partial charge in [0.2, 0.25) is 0 Å². The summed E-state index contributed by atoms with van der Waals surface area (Å²) in [4.78, 5) is 4.92. The van der Waals surface area contributed by atoms with Gasteiger partial charge in [0.1, 0.15) is 0 Å². The molecule has 2 N–H and O–H groups in total. The van der Waals surface area contributed by atoms with Crippen molar-refractivity contribution in [2.45, 2.75) is 25.3 Å². The van der Waals surface area contributed by atoms with Gasteiger partial charge in [-0.1, -0.05) is 6.42 Å². The molecule has 6 heteroatoms. The minimum absolute atomic E-state index is 0. The normalized spacial score (nSPS) is 26.2. The van der Waals surface area contributed by atoms with Crippen LogP contribution >= 0.6 is 24.8 Å². The molecule has 2 rings (SSSR count). The van der Waals surface area contributed by atoms with Crippen molar-refractivity contribution in [1.82, 2.24) is 15.1 Å². The van der Waals surface area contributed by atoms with Gasteiger partial charge in [-0.25, -0.2) is 0 Å². The summed E-state index contributed by atoms with van der Waals surface area (Å²) in [6, 6.07) is 0.721. The lowest BCUT2D eigenvalue weighted by molar-refractivity contribution is 0.103. The van der Waals surface area contributed by atoms with E-state index in [4.69, 9.17) is 5.11 Å². The Labute approximate surface area is 123 Å². The Morgan fingerprint density at radius 3 is 2.22 bits per heavy atom. The number of aliphatic hydroxyl groups is 1. The number of β-amino-alcohol motifs (C(OH)–C–C–N with tert-alkyl or cyclic N) is 1. The highest BCUT2D eigenvalue weighted by molar-refractivity contribution is 5.85. The van der Waals surface area contributed by atoms with Gasteiger partial charge >= 0.3 is 0 Å². The molecule has 0 spiro atoms. The lowest BCUT2D eigenvalue weighted by atomic mass is 10.0. The minimum Gasteiger partial charge on any atom is -0.395 e. The third-order valence-electron chi connectivity index (χ3n) is 3.77. The van der Waals surface area contributed by atoms with Crippen LogP contribution in [0.15, 0.2) is 0 Å². The lowest BCUT2D eigenvalue weighted by Gasteiger charge is -2.37. The molecule has 0 aliphatic carbocycles. The molecule has 0 aromatic heterocycles. The van der Waals surface area contributed by atoms with Gasteiger partial charge in [0.05, 0.1) is 6.61 Å². The monoisotopic (exact) mass is 299 g/mol. The van der Waals surface area contributed by atoms with E-state index in [1.807, 2.05) is 0 Å². The highest BCUT2D eigenvalue weighted by Crippen LogP contribution is 2.10. The molecule has 0 bridgehead atoms. The molecule has 0 saturated carbocycles. The molecule has 2 saturated heterocycles. The van der Waals surface area contributed by atoms with Gasteiger partial charge in [-0.3, -0.25) is 9.80 Å². The molecule has 0 amide bonds. The third kappa shape index (κ3) is 6.04. The van der Waals surface area contributed by atoms with Crippen molar-refractivity contribution in [3.63, 3.8) is 0 Å². The Hall–Kier alpha value is 0.420. The third-order valence-corrected chi connectivity index (χ3v) is 3.77. The number of piperidine rings is 1. The zero-order valence-electron chi connectivity index (χ0n) is 11.0. The number of piperazine rings is 1. The molecule has 110 valence electrons. The summed E-state index contributed by atoms with van der Waals surface area (Å²) in [6.45, 7) is 8.12. The van der Waals surface area contributed by atoms with E-state index in [1.54, 1.807) is 0 Å². The van der Waals surface area contributed by atoms with Gasteiger partial charge in [0, 0.05) is 45.3 Å². The fraction of sp³-hybridized carbons (Fsp3) is 1.00. The number of hydrogen-bond donors (Lipinski definition) is 2. The summed E-state index contributed by atoms with van der Waals surface area (Å²) >= 11 is 0. The summed E-state index contributed by atoms with van der Waals surface area (Å²) in [6.07, 6.45) is 4.08. The quantitative estimate of drug-likeness (QED) is 0.797. The molecule has 0 aromatic rings. The smallest absolute Gasteiger partial charge is 0.0558 e. The van der Waals surface area contributed by atoms with Crippen molar-refractivity contribution < 1.29 is 5.11 Å². The number of rotatable bonds is 4. The molecule has 1 atom stereocenters.